The maximum atomic E-state index is 13.1. The molecule has 0 aromatic rings. The van der Waals surface area contributed by atoms with Crippen molar-refractivity contribution in [3.63, 3.8) is 0 Å². The predicted octanol–water partition coefficient (Wildman–Crippen LogP) is 23.0. The van der Waals surface area contributed by atoms with E-state index >= 15 is 0 Å². The highest BCUT2D eigenvalue weighted by Gasteiger charge is 2.44. The van der Waals surface area contributed by atoms with Crippen LogP contribution in [0.3, 0.4) is 0 Å². The molecule has 0 spiro atoms. The Morgan fingerprint density at radius 3 is 1.08 bits per heavy atom. The molecule has 7 atom stereocenters. The number of allylic oxidation sites excluding steroid dienone is 7. The van der Waals surface area contributed by atoms with Gasteiger partial charge in [0.15, 0.2) is 6.29 Å². The smallest absolute Gasteiger partial charge is 0.305 e. The number of carbonyl (C=O) groups is 2. The lowest BCUT2D eigenvalue weighted by molar-refractivity contribution is -0.302. The first-order chi connectivity index (χ1) is 47.2. The van der Waals surface area contributed by atoms with Gasteiger partial charge < -0.3 is 45.1 Å². The van der Waals surface area contributed by atoms with Crippen molar-refractivity contribution >= 4 is 11.9 Å². The van der Waals surface area contributed by atoms with Crippen molar-refractivity contribution in [3.8, 4) is 0 Å². The van der Waals surface area contributed by atoms with E-state index in [2.05, 4.69) is 55.6 Å². The summed E-state index contributed by atoms with van der Waals surface area (Å²) in [6.07, 6.45) is 88.7. The fourth-order valence-electron chi connectivity index (χ4n) is 13.3. The van der Waals surface area contributed by atoms with Gasteiger partial charge in [-0.3, -0.25) is 9.59 Å². The molecular formula is C85H159NO10. The number of amides is 1. The number of carbonyl (C=O) groups excluding carboxylic acids is 2. The molecule has 6 N–H and O–H groups in total. The molecule has 1 saturated heterocycles. The van der Waals surface area contributed by atoms with Crippen molar-refractivity contribution in [3.05, 3.63) is 48.6 Å². The van der Waals surface area contributed by atoms with E-state index in [-0.39, 0.29) is 18.5 Å². The first-order valence-electron chi connectivity index (χ1n) is 41.9. The van der Waals surface area contributed by atoms with Crippen molar-refractivity contribution in [2.45, 2.75) is 461 Å². The molecule has 7 unspecified atom stereocenters. The van der Waals surface area contributed by atoms with Gasteiger partial charge in [-0.15, -0.1) is 0 Å². The molecule has 0 aliphatic carbocycles. The molecule has 1 aliphatic rings. The Bertz CT molecular complexity index is 1740. The number of esters is 1. The third-order valence-electron chi connectivity index (χ3n) is 19.9. The molecule has 11 heteroatoms. The predicted molar refractivity (Wildman–Crippen MR) is 407 cm³/mol. The van der Waals surface area contributed by atoms with Gasteiger partial charge in [0.2, 0.25) is 5.91 Å². The lowest BCUT2D eigenvalue weighted by atomic mass is 9.99. The SMILES string of the molecule is CCCCC/C=C\C/C=C\CCCCCCCC(=O)OCCCCCCCCCCCCCCCCCCCC/C=C\CCCCCCCCCCCCCCCCCCCC(=O)NC(COC1OC(CO)C(O)C(O)C1O)C(O)/C=C/CCCCCCCCCCCCCC. The topological polar surface area (TPSA) is 175 Å². The molecule has 0 saturated carbocycles. The fourth-order valence-corrected chi connectivity index (χ4v) is 13.3. The molecule has 1 aliphatic heterocycles. The normalized spacial score (nSPS) is 17.5. The number of aliphatic hydroxyl groups excluding tert-OH is 5. The second-order valence-corrected chi connectivity index (χ2v) is 29.2. The second kappa shape index (κ2) is 73.8. The van der Waals surface area contributed by atoms with Gasteiger partial charge in [0.05, 0.1) is 32.0 Å². The Hall–Kier alpha value is -2.38. The molecule has 564 valence electrons. The highest BCUT2D eigenvalue weighted by Crippen LogP contribution is 2.24. The average Bonchev–Trinajstić information content (AvgIpc) is 1.06. The molecular weight excluding hydrogens is 1190 g/mol. The Labute approximate surface area is 593 Å². The van der Waals surface area contributed by atoms with Crippen LogP contribution in [0.2, 0.25) is 0 Å². The van der Waals surface area contributed by atoms with Crippen LogP contribution in [0.5, 0.6) is 0 Å². The third-order valence-corrected chi connectivity index (χ3v) is 19.9. The van der Waals surface area contributed by atoms with Gasteiger partial charge in [0.1, 0.15) is 24.4 Å². The van der Waals surface area contributed by atoms with Crippen molar-refractivity contribution in [1.82, 2.24) is 5.32 Å². The van der Waals surface area contributed by atoms with E-state index in [9.17, 15) is 35.1 Å². The summed E-state index contributed by atoms with van der Waals surface area (Å²) in [6, 6.07) is -0.807. The zero-order chi connectivity index (χ0) is 69.4. The van der Waals surface area contributed by atoms with Gasteiger partial charge in [-0.25, -0.2) is 0 Å². The van der Waals surface area contributed by atoms with Gasteiger partial charge >= 0.3 is 5.97 Å². The molecule has 0 aromatic carbocycles. The molecule has 0 radical (unpaired) electrons. The maximum absolute atomic E-state index is 13.1. The molecule has 1 rings (SSSR count). The van der Waals surface area contributed by atoms with E-state index in [1.807, 2.05) is 6.08 Å². The summed E-state index contributed by atoms with van der Waals surface area (Å²) in [5.74, 6) is -0.171. The van der Waals surface area contributed by atoms with Gasteiger partial charge in [-0.05, 0) is 89.9 Å². The second-order valence-electron chi connectivity index (χ2n) is 29.2. The number of unbranched alkanes of at least 4 members (excludes halogenated alkanes) is 55. The molecule has 0 aromatic heterocycles. The molecule has 1 fully saturated rings. The molecule has 1 heterocycles. The van der Waals surface area contributed by atoms with E-state index in [1.165, 1.54) is 327 Å². The van der Waals surface area contributed by atoms with Crippen LogP contribution in [0.1, 0.15) is 418 Å². The van der Waals surface area contributed by atoms with Crippen LogP contribution in [0.15, 0.2) is 48.6 Å². The van der Waals surface area contributed by atoms with E-state index in [4.69, 9.17) is 14.2 Å². The monoisotopic (exact) mass is 1350 g/mol. The zero-order valence-corrected chi connectivity index (χ0v) is 63.1. The molecule has 0 bridgehead atoms. The number of nitrogens with one attached hydrogen (secondary N) is 1. The van der Waals surface area contributed by atoms with Crippen LogP contribution in [0.4, 0.5) is 0 Å². The summed E-state index contributed by atoms with van der Waals surface area (Å²) in [5, 5.41) is 54.6. The third kappa shape index (κ3) is 61.5. The standard InChI is InChI=1S/C85H159NO10/c1-3-5-7-9-11-13-15-17-44-49-53-57-61-65-69-73-81(90)94-74-70-66-62-58-54-50-46-43-41-39-37-35-33-31-29-27-25-23-21-19-20-22-24-26-28-30-32-34-36-38-40-42-45-48-52-56-60-64-68-72-80(89)86-77(76-95-85-84(93)83(92)82(91)79(75-87)96-85)78(88)71-67-63-59-55-51-47-18-16-14-12-10-8-6-4-2/h11,13,17,19-20,44,67,71,77-79,82-85,87-88,91-93H,3-10,12,14-16,18,21-43,45-66,68-70,72-76H2,1-2H3,(H,86,89)/b13-11-,20-19-,44-17-,71-67+. The van der Waals surface area contributed by atoms with Crippen LogP contribution in [0.25, 0.3) is 0 Å². The molecule has 1 amide bonds. The summed E-state index contributed by atoms with van der Waals surface area (Å²) < 4.78 is 16.8. The van der Waals surface area contributed by atoms with Gasteiger partial charge in [-0.2, -0.15) is 0 Å². The highest BCUT2D eigenvalue weighted by atomic mass is 16.7. The van der Waals surface area contributed by atoms with E-state index in [0.29, 0.717) is 19.4 Å². The first kappa shape index (κ1) is 91.6. The van der Waals surface area contributed by atoms with E-state index in [1.54, 1.807) is 6.08 Å². The maximum Gasteiger partial charge on any atom is 0.305 e. The lowest BCUT2D eigenvalue weighted by Crippen LogP contribution is -2.60. The van der Waals surface area contributed by atoms with Crippen LogP contribution in [-0.2, 0) is 23.8 Å². The Morgan fingerprint density at radius 2 is 0.698 bits per heavy atom. The fraction of sp³-hybridized carbons (Fsp3) is 0.882. The van der Waals surface area contributed by atoms with Gasteiger partial charge in [0.25, 0.3) is 0 Å². The number of hydrogen-bond donors (Lipinski definition) is 6. The first-order valence-corrected chi connectivity index (χ1v) is 41.9. The quantitative estimate of drug-likeness (QED) is 0.0195. The Balaban J connectivity index is 1.89. The summed E-state index contributed by atoms with van der Waals surface area (Å²) in [5.41, 5.74) is 0. The van der Waals surface area contributed by atoms with Crippen molar-refractivity contribution in [2.75, 3.05) is 19.8 Å². The Morgan fingerprint density at radius 1 is 0.385 bits per heavy atom. The minimum atomic E-state index is -1.57. The van der Waals surface area contributed by atoms with E-state index in [0.717, 1.165) is 64.2 Å². The highest BCUT2D eigenvalue weighted by molar-refractivity contribution is 5.76. The zero-order valence-electron chi connectivity index (χ0n) is 63.1. The molecule has 11 nitrogen and oxygen atoms in total. The van der Waals surface area contributed by atoms with Gasteiger partial charge in [0, 0.05) is 12.8 Å². The largest absolute Gasteiger partial charge is 0.466 e. The summed E-state index contributed by atoms with van der Waals surface area (Å²) >= 11 is 0. The number of ether oxygens (including phenoxy) is 3. The summed E-state index contributed by atoms with van der Waals surface area (Å²) in [7, 11) is 0. The van der Waals surface area contributed by atoms with Crippen LogP contribution < -0.4 is 5.32 Å². The lowest BCUT2D eigenvalue weighted by Gasteiger charge is -2.40. The van der Waals surface area contributed by atoms with Crippen molar-refractivity contribution < 1.29 is 49.3 Å². The minimum absolute atomic E-state index is 0.00313. The van der Waals surface area contributed by atoms with Crippen LogP contribution >= 0.6 is 0 Å². The average molecular weight is 1360 g/mol. The molecule has 96 heavy (non-hydrogen) atoms. The van der Waals surface area contributed by atoms with Gasteiger partial charge in [-0.1, -0.05) is 364 Å². The number of rotatable bonds is 75. The van der Waals surface area contributed by atoms with Crippen LogP contribution in [-0.4, -0.2) is 100 Å². The Kier molecular flexibility index (Phi) is 70.5. The summed E-state index contributed by atoms with van der Waals surface area (Å²) in [4.78, 5) is 25.2. The van der Waals surface area contributed by atoms with E-state index < -0.39 is 49.5 Å². The number of aliphatic hydroxyl groups is 5. The van der Waals surface area contributed by atoms with Crippen molar-refractivity contribution in [2.24, 2.45) is 0 Å². The van der Waals surface area contributed by atoms with Crippen LogP contribution in [0, 0.1) is 0 Å². The number of hydrogen-bond acceptors (Lipinski definition) is 10. The minimum Gasteiger partial charge on any atom is -0.466 e. The summed E-state index contributed by atoms with van der Waals surface area (Å²) in [6.45, 7) is 4.37. The van der Waals surface area contributed by atoms with Crippen molar-refractivity contribution in [1.29, 1.82) is 0 Å².